The second-order valence-electron chi connectivity index (χ2n) is 14.7. The summed E-state index contributed by atoms with van der Waals surface area (Å²) in [6.07, 6.45) is 9.44. The Morgan fingerprint density at radius 3 is 1.62 bits per heavy atom. The van der Waals surface area contributed by atoms with Gasteiger partial charge in [0, 0.05) is 11.3 Å². The quantitative estimate of drug-likeness (QED) is 0.109. The average molecular weight is 743 g/mol. The first kappa shape index (κ1) is 36.2. The summed E-state index contributed by atoms with van der Waals surface area (Å²) >= 11 is 0. The molecule has 0 fully saturated rings. The van der Waals surface area contributed by atoms with Crippen LogP contribution in [0.4, 0.5) is 0 Å². The highest BCUT2D eigenvalue weighted by atomic mass is 14.9. The Morgan fingerprint density at radius 2 is 1.00 bits per heavy atom. The van der Waals surface area contributed by atoms with Crippen LogP contribution in [-0.2, 0) is 0 Å². The third-order valence-corrected chi connectivity index (χ3v) is 10.9. The molecule has 9 rings (SSSR count). The third-order valence-electron chi connectivity index (χ3n) is 10.9. The van der Waals surface area contributed by atoms with Crippen molar-refractivity contribution in [3.8, 4) is 33.4 Å². The minimum Gasteiger partial charge on any atom is -0.233 e. The number of benzene rings is 8. The highest BCUT2D eigenvalue weighted by Crippen LogP contribution is 2.36. The van der Waals surface area contributed by atoms with Gasteiger partial charge in [-0.05, 0) is 109 Å². The first-order valence-corrected chi connectivity index (χ1v) is 19.8. The van der Waals surface area contributed by atoms with E-state index in [-0.39, 0.29) is 0 Å². The molecule has 0 aromatic heterocycles. The summed E-state index contributed by atoms with van der Waals surface area (Å²) in [7, 11) is 0. The fourth-order valence-electron chi connectivity index (χ4n) is 7.80. The highest BCUT2D eigenvalue weighted by Gasteiger charge is 2.14. The van der Waals surface area contributed by atoms with Crippen LogP contribution in [0.15, 0.2) is 240 Å². The van der Waals surface area contributed by atoms with E-state index < -0.39 is 0 Å². The molecule has 0 unspecified atom stereocenters. The maximum atomic E-state index is 5.37. The molecule has 0 atom stereocenters. The van der Waals surface area contributed by atoms with Crippen LogP contribution in [-0.4, -0.2) is 11.5 Å². The smallest absolute Gasteiger partial charge is 0.160 e. The van der Waals surface area contributed by atoms with Crippen LogP contribution >= 0.6 is 0 Å². The number of nitrogens with zero attached hydrogens (tertiary/aromatic N) is 2. The number of fused-ring (bicyclic) bond motifs is 2. The summed E-state index contributed by atoms with van der Waals surface area (Å²) in [6.45, 7) is 6.58. The number of hydrogen-bond acceptors (Lipinski definition) is 1. The van der Waals surface area contributed by atoms with Crippen molar-refractivity contribution in [1.29, 1.82) is 0 Å². The fourth-order valence-corrected chi connectivity index (χ4v) is 7.80. The van der Waals surface area contributed by atoms with Gasteiger partial charge in [-0.3, -0.25) is 0 Å². The molecule has 0 heterocycles. The molecule has 2 nitrogen and oxygen atoms in total. The Kier molecular flexibility index (Phi) is 10.2. The molecular formula is C56H42N2. The lowest BCUT2D eigenvalue weighted by atomic mass is 9.90. The standard InChI is InChI=1S/C56H42N2/c1-39(41-22-13-23-44(31-30-41)42-16-5-3-6-17-42)57-56(48-34-32-45(33-35-48)43-18-7-4-8-19-43)58-40(2)49-36-50(54-28-14-24-46-20-9-11-26-52(46)54)38-51(37-49)55-29-15-25-47-21-10-12-27-53(47)55/h3-22,24-38H,1,23H2,2H3/b57-56-,58-40+. The van der Waals surface area contributed by atoms with Crippen molar-refractivity contribution in [2.45, 2.75) is 13.3 Å². The highest BCUT2D eigenvalue weighted by molar-refractivity contribution is 6.13. The van der Waals surface area contributed by atoms with Crippen LogP contribution in [0.2, 0.25) is 0 Å². The van der Waals surface area contributed by atoms with Gasteiger partial charge in [0.05, 0.1) is 5.70 Å². The van der Waals surface area contributed by atoms with Crippen molar-refractivity contribution in [2.24, 2.45) is 9.98 Å². The van der Waals surface area contributed by atoms with Crippen LogP contribution in [0, 0.1) is 0 Å². The van der Waals surface area contributed by atoms with E-state index in [0.29, 0.717) is 11.5 Å². The van der Waals surface area contributed by atoms with Crippen molar-refractivity contribution in [3.63, 3.8) is 0 Å². The van der Waals surface area contributed by atoms with Crippen molar-refractivity contribution in [2.75, 3.05) is 0 Å². The molecule has 0 aliphatic heterocycles. The van der Waals surface area contributed by atoms with Gasteiger partial charge in [0.15, 0.2) is 5.84 Å². The number of allylic oxidation sites excluding steroid dienone is 5. The molecule has 0 spiro atoms. The fraction of sp³-hybridized carbons (Fsp3) is 0.0357. The second kappa shape index (κ2) is 16.4. The van der Waals surface area contributed by atoms with E-state index in [1.165, 1.54) is 43.8 Å². The van der Waals surface area contributed by atoms with E-state index >= 15 is 0 Å². The Balaban J connectivity index is 1.18. The Bertz CT molecular complexity index is 2850. The molecule has 1 aliphatic carbocycles. The van der Waals surface area contributed by atoms with Gasteiger partial charge < -0.3 is 0 Å². The zero-order chi connectivity index (χ0) is 39.3. The lowest BCUT2D eigenvalue weighted by molar-refractivity contribution is 1.32. The van der Waals surface area contributed by atoms with Gasteiger partial charge in [-0.2, -0.15) is 0 Å². The van der Waals surface area contributed by atoms with Crippen molar-refractivity contribution in [3.05, 3.63) is 247 Å². The van der Waals surface area contributed by atoms with Crippen LogP contribution in [0.25, 0.3) is 60.5 Å². The van der Waals surface area contributed by atoms with Gasteiger partial charge in [0.25, 0.3) is 0 Å². The number of aliphatic imine (C=N–C) groups is 2. The minimum absolute atomic E-state index is 0.607. The zero-order valence-corrected chi connectivity index (χ0v) is 32.5. The average Bonchev–Trinajstić information content (AvgIpc) is 3.56. The summed E-state index contributed by atoms with van der Waals surface area (Å²) in [5, 5.41) is 4.85. The van der Waals surface area contributed by atoms with Crippen molar-refractivity contribution >= 4 is 38.7 Å². The summed E-state index contributed by atoms with van der Waals surface area (Å²) in [5.74, 6) is 0.607. The monoisotopic (exact) mass is 742 g/mol. The van der Waals surface area contributed by atoms with Crippen molar-refractivity contribution in [1.82, 2.24) is 0 Å². The molecule has 276 valence electrons. The molecule has 0 saturated heterocycles. The third kappa shape index (κ3) is 7.69. The second-order valence-corrected chi connectivity index (χ2v) is 14.7. The topological polar surface area (TPSA) is 24.7 Å². The SMILES string of the molecule is C=C(/N=C(\N=C(/C)c1cc(-c2cccc3ccccc23)cc(-c2cccc3ccccc23)c1)c1ccc(-c2ccccc2)cc1)C1=CC=C(c2ccccc2)CC=C1. The Hall–Kier alpha value is -7.42. The summed E-state index contributed by atoms with van der Waals surface area (Å²) in [4.78, 5) is 10.6. The van der Waals surface area contributed by atoms with E-state index in [4.69, 9.17) is 9.98 Å². The summed E-state index contributed by atoms with van der Waals surface area (Å²) in [6, 6.07) is 66.6. The summed E-state index contributed by atoms with van der Waals surface area (Å²) < 4.78 is 0. The first-order valence-electron chi connectivity index (χ1n) is 19.8. The van der Waals surface area contributed by atoms with Gasteiger partial charge in [0.1, 0.15) is 0 Å². The maximum absolute atomic E-state index is 5.37. The molecule has 0 N–H and O–H groups in total. The van der Waals surface area contributed by atoms with Gasteiger partial charge in [-0.15, -0.1) is 0 Å². The van der Waals surface area contributed by atoms with Crippen LogP contribution in [0.5, 0.6) is 0 Å². The van der Waals surface area contributed by atoms with E-state index in [2.05, 4.69) is 220 Å². The number of rotatable bonds is 8. The molecule has 8 aromatic rings. The lowest BCUT2D eigenvalue weighted by Crippen LogP contribution is -2.05. The maximum Gasteiger partial charge on any atom is 0.160 e. The molecule has 8 aromatic carbocycles. The predicted octanol–water partition coefficient (Wildman–Crippen LogP) is 14.7. The van der Waals surface area contributed by atoms with Gasteiger partial charge in [-0.25, -0.2) is 9.98 Å². The van der Waals surface area contributed by atoms with Gasteiger partial charge >= 0.3 is 0 Å². The van der Waals surface area contributed by atoms with E-state index in [9.17, 15) is 0 Å². The molecule has 0 saturated carbocycles. The predicted molar refractivity (Wildman–Crippen MR) is 248 cm³/mol. The molecule has 0 amide bonds. The number of hydrogen-bond donors (Lipinski definition) is 0. The normalized spacial score (nSPS) is 13.3. The Labute approximate surface area is 340 Å². The number of amidine groups is 1. The molecule has 2 heteroatoms. The van der Waals surface area contributed by atoms with E-state index in [0.717, 1.165) is 51.1 Å². The van der Waals surface area contributed by atoms with Crippen LogP contribution in [0.1, 0.15) is 30.0 Å². The first-order chi connectivity index (χ1) is 28.6. The largest absolute Gasteiger partial charge is 0.233 e. The minimum atomic E-state index is 0.607. The zero-order valence-electron chi connectivity index (χ0n) is 32.5. The van der Waals surface area contributed by atoms with Gasteiger partial charge in [0.2, 0.25) is 0 Å². The van der Waals surface area contributed by atoms with E-state index in [1.54, 1.807) is 0 Å². The Morgan fingerprint density at radius 1 is 0.466 bits per heavy atom. The van der Waals surface area contributed by atoms with Crippen LogP contribution < -0.4 is 0 Å². The molecule has 0 bridgehead atoms. The molecule has 58 heavy (non-hydrogen) atoms. The molecule has 0 radical (unpaired) electrons. The van der Waals surface area contributed by atoms with E-state index in [1.807, 2.05) is 6.07 Å². The molecule has 1 aliphatic rings. The summed E-state index contributed by atoms with van der Waals surface area (Å²) in [5.41, 5.74) is 13.8. The van der Waals surface area contributed by atoms with Crippen LogP contribution in [0.3, 0.4) is 0 Å². The van der Waals surface area contributed by atoms with Gasteiger partial charge in [-0.1, -0.05) is 201 Å². The lowest BCUT2D eigenvalue weighted by Gasteiger charge is -2.15. The molecular weight excluding hydrogens is 701 g/mol. The van der Waals surface area contributed by atoms with Crippen molar-refractivity contribution < 1.29 is 0 Å².